The van der Waals surface area contributed by atoms with Gasteiger partial charge in [0.15, 0.2) is 6.10 Å². The number of aliphatic hydroxyl groups excluding tert-OH is 1. The topological polar surface area (TPSA) is 62.2 Å². The molecule has 1 amide bonds. The minimum atomic E-state index is -4.74. The molecule has 1 aromatic heterocycles. The summed E-state index contributed by atoms with van der Waals surface area (Å²) in [5.41, 5.74) is 0.591. The minimum Gasteiger partial charge on any atom is -0.382 e. The lowest BCUT2D eigenvalue weighted by Gasteiger charge is -2.15. The summed E-state index contributed by atoms with van der Waals surface area (Å²) in [5, 5.41) is 10.7. The highest BCUT2D eigenvalue weighted by atomic mass is 19.4. The quantitative estimate of drug-likeness (QED) is 0.840. The summed E-state index contributed by atoms with van der Waals surface area (Å²) in [4.78, 5) is 15.2. The molecule has 1 heterocycles. The van der Waals surface area contributed by atoms with Gasteiger partial charge in [0, 0.05) is 6.20 Å². The van der Waals surface area contributed by atoms with Crippen LogP contribution in [0.2, 0.25) is 0 Å². The van der Waals surface area contributed by atoms with Crippen molar-refractivity contribution in [3.63, 3.8) is 0 Å². The summed E-state index contributed by atoms with van der Waals surface area (Å²) < 4.78 is 35.9. The summed E-state index contributed by atoms with van der Waals surface area (Å²) in [5.74, 6) is -0.744. The van der Waals surface area contributed by atoms with Crippen LogP contribution in [0, 0.1) is 6.92 Å². The van der Waals surface area contributed by atoms with Gasteiger partial charge in [-0.2, -0.15) is 13.2 Å². The van der Waals surface area contributed by atoms with Crippen molar-refractivity contribution in [2.24, 2.45) is 0 Å². The molecule has 0 fully saturated rings. The van der Waals surface area contributed by atoms with Crippen molar-refractivity contribution in [1.82, 2.24) is 10.3 Å². The van der Waals surface area contributed by atoms with E-state index in [-0.39, 0.29) is 5.69 Å². The first-order chi connectivity index (χ1) is 7.82. The molecule has 0 aliphatic carbocycles. The van der Waals surface area contributed by atoms with E-state index in [1.165, 1.54) is 6.20 Å². The fraction of sp³-hybridized carbons (Fsp3) is 0.400. The molecule has 2 N–H and O–H groups in total. The number of aromatic nitrogens is 1. The monoisotopic (exact) mass is 248 g/mol. The van der Waals surface area contributed by atoms with E-state index in [1.54, 1.807) is 19.1 Å². The van der Waals surface area contributed by atoms with Crippen molar-refractivity contribution in [3.8, 4) is 0 Å². The Balaban J connectivity index is 2.60. The summed E-state index contributed by atoms with van der Waals surface area (Å²) in [6.45, 7) is 0.723. The summed E-state index contributed by atoms with van der Waals surface area (Å²) >= 11 is 0. The molecule has 1 atom stereocenters. The largest absolute Gasteiger partial charge is 0.416 e. The Morgan fingerprint density at radius 2 is 2.24 bits per heavy atom. The van der Waals surface area contributed by atoms with E-state index >= 15 is 0 Å². The van der Waals surface area contributed by atoms with Crippen molar-refractivity contribution < 1.29 is 23.1 Å². The van der Waals surface area contributed by atoms with Crippen molar-refractivity contribution in [2.45, 2.75) is 19.2 Å². The molecule has 0 radical (unpaired) electrons. The van der Waals surface area contributed by atoms with Gasteiger partial charge in [-0.05, 0) is 18.6 Å². The maximum atomic E-state index is 12.0. The van der Waals surface area contributed by atoms with E-state index in [0.717, 1.165) is 0 Å². The van der Waals surface area contributed by atoms with Crippen LogP contribution in [0.3, 0.4) is 0 Å². The molecular weight excluding hydrogens is 237 g/mol. The number of amides is 1. The highest BCUT2D eigenvalue weighted by molar-refractivity contribution is 5.93. The number of aliphatic hydroxyl groups is 1. The number of aryl methyl sites for hydroxylation is 1. The van der Waals surface area contributed by atoms with Crippen LogP contribution >= 0.6 is 0 Å². The highest BCUT2D eigenvalue weighted by Crippen LogP contribution is 2.19. The van der Waals surface area contributed by atoms with E-state index in [4.69, 9.17) is 5.11 Å². The Morgan fingerprint density at radius 3 is 2.76 bits per heavy atom. The molecule has 17 heavy (non-hydrogen) atoms. The Kier molecular flexibility index (Phi) is 4.06. The summed E-state index contributed by atoms with van der Waals surface area (Å²) in [6, 6.07) is 3.22. The van der Waals surface area contributed by atoms with Crippen LogP contribution in [-0.2, 0) is 0 Å². The van der Waals surface area contributed by atoms with E-state index in [0.29, 0.717) is 5.56 Å². The Bertz CT molecular complexity index is 407. The molecule has 0 saturated carbocycles. The number of alkyl halides is 3. The average Bonchev–Trinajstić information content (AvgIpc) is 2.24. The Morgan fingerprint density at radius 1 is 1.59 bits per heavy atom. The second kappa shape index (κ2) is 5.13. The minimum absolute atomic E-state index is 0.0434. The molecule has 0 aliphatic rings. The van der Waals surface area contributed by atoms with Gasteiger partial charge in [-0.25, -0.2) is 0 Å². The fourth-order valence-electron chi connectivity index (χ4n) is 1.11. The van der Waals surface area contributed by atoms with Crippen molar-refractivity contribution >= 4 is 5.91 Å². The number of pyridine rings is 1. The highest BCUT2D eigenvalue weighted by Gasteiger charge is 2.38. The van der Waals surface area contributed by atoms with Gasteiger partial charge in [-0.15, -0.1) is 0 Å². The average molecular weight is 248 g/mol. The molecule has 1 aromatic rings. The SMILES string of the molecule is Cc1cccnc1C(=O)NCC(O)C(F)(F)F. The van der Waals surface area contributed by atoms with E-state index < -0.39 is 24.7 Å². The fourth-order valence-corrected chi connectivity index (χ4v) is 1.11. The zero-order valence-corrected chi connectivity index (χ0v) is 8.95. The third-order valence-corrected chi connectivity index (χ3v) is 2.06. The molecule has 1 rings (SSSR count). The maximum absolute atomic E-state index is 12.0. The number of nitrogens with one attached hydrogen (secondary N) is 1. The van der Waals surface area contributed by atoms with Gasteiger partial charge in [0.1, 0.15) is 5.69 Å². The maximum Gasteiger partial charge on any atom is 0.416 e. The van der Waals surface area contributed by atoms with Gasteiger partial charge in [-0.1, -0.05) is 6.07 Å². The summed E-state index contributed by atoms with van der Waals surface area (Å²) in [7, 11) is 0. The number of hydrogen-bond donors (Lipinski definition) is 2. The first-order valence-electron chi connectivity index (χ1n) is 4.77. The predicted molar refractivity (Wildman–Crippen MR) is 53.4 cm³/mol. The lowest BCUT2D eigenvalue weighted by molar-refractivity contribution is -0.201. The van der Waals surface area contributed by atoms with Gasteiger partial charge in [0.2, 0.25) is 0 Å². The Hall–Kier alpha value is -1.63. The molecule has 0 bridgehead atoms. The molecule has 94 valence electrons. The zero-order valence-electron chi connectivity index (χ0n) is 8.95. The number of halogens is 3. The molecule has 0 spiro atoms. The number of rotatable bonds is 3. The number of hydrogen-bond acceptors (Lipinski definition) is 3. The van der Waals surface area contributed by atoms with Crippen LogP contribution in [0.1, 0.15) is 16.1 Å². The standard InChI is InChI=1S/C10H11F3N2O2/c1-6-3-2-4-14-8(6)9(17)15-5-7(16)10(11,12)13/h2-4,7,16H,5H2,1H3,(H,15,17). The van der Waals surface area contributed by atoms with Crippen molar-refractivity contribution in [3.05, 3.63) is 29.6 Å². The van der Waals surface area contributed by atoms with E-state index in [1.807, 2.05) is 5.32 Å². The Labute approximate surface area is 95.5 Å². The molecule has 7 heteroatoms. The normalized spacial score (nSPS) is 13.2. The summed E-state index contributed by atoms with van der Waals surface area (Å²) in [6.07, 6.45) is -5.95. The second-order valence-electron chi connectivity index (χ2n) is 3.44. The smallest absolute Gasteiger partial charge is 0.382 e. The zero-order chi connectivity index (χ0) is 13.1. The van der Waals surface area contributed by atoms with Crippen LogP contribution in [0.25, 0.3) is 0 Å². The number of carbonyl (C=O) groups is 1. The van der Waals surface area contributed by atoms with Crippen molar-refractivity contribution in [1.29, 1.82) is 0 Å². The van der Waals surface area contributed by atoms with Crippen molar-refractivity contribution in [2.75, 3.05) is 6.54 Å². The lowest BCUT2D eigenvalue weighted by atomic mass is 10.2. The molecule has 0 aromatic carbocycles. The van der Waals surface area contributed by atoms with Crippen LogP contribution in [0.4, 0.5) is 13.2 Å². The molecule has 1 unspecified atom stereocenters. The first kappa shape index (κ1) is 13.4. The predicted octanol–water partition coefficient (Wildman–Crippen LogP) is 1.04. The van der Waals surface area contributed by atoms with Crippen LogP contribution in [0.15, 0.2) is 18.3 Å². The molecule has 0 aliphatic heterocycles. The van der Waals surface area contributed by atoms with E-state index in [2.05, 4.69) is 4.98 Å². The van der Waals surface area contributed by atoms with Crippen LogP contribution in [-0.4, -0.2) is 34.8 Å². The third kappa shape index (κ3) is 3.70. The van der Waals surface area contributed by atoms with Gasteiger partial charge in [-0.3, -0.25) is 9.78 Å². The van der Waals surface area contributed by atoms with Gasteiger partial charge >= 0.3 is 6.18 Å². The third-order valence-electron chi connectivity index (χ3n) is 2.06. The first-order valence-corrected chi connectivity index (χ1v) is 4.77. The van der Waals surface area contributed by atoms with Gasteiger partial charge in [0.05, 0.1) is 6.54 Å². The lowest BCUT2D eigenvalue weighted by Crippen LogP contribution is -2.41. The van der Waals surface area contributed by atoms with Crippen LogP contribution < -0.4 is 5.32 Å². The van der Waals surface area contributed by atoms with Gasteiger partial charge < -0.3 is 10.4 Å². The second-order valence-corrected chi connectivity index (χ2v) is 3.44. The molecular formula is C10H11F3N2O2. The van der Waals surface area contributed by atoms with Gasteiger partial charge in [0.25, 0.3) is 5.91 Å². The van der Waals surface area contributed by atoms with Crippen LogP contribution in [0.5, 0.6) is 0 Å². The number of carbonyl (C=O) groups excluding carboxylic acids is 1. The molecule has 0 saturated heterocycles. The number of nitrogens with zero attached hydrogens (tertiary/aromatic N) is 1. The molecule has 4 nitrogen and oxygen atoms in total. The van der Waals surface area contributed by atoms with E-state index in [9.17, 15) is 18.0 Å².